The Balaban J connectivity index is 1.75. The fourth-order valence-electron chi connectivity index (χ4n) is 3.21. The summed E-state index contributed by atoms with van der Waals surface area (Å²) < 4.78 is 20.1. The van der Waals surface area contributed by atoms with Gasteiger partial charge in [0, 0.05) is 12.1 Å². The van der Waals surface area contributed by atoms with E-state index in [2.05, 4.69) is 27.1 Å². The minimum absolute atomic E-state index is 0.0590. The highest BCUT2D eigenvalue weighted by molar-refractivity contribution is 6.30. The van der Waals surface area contributed by atoms with Crippen molar-refractivity contribution < 1.29 is 13.9 Å². The molecule has 6 nitrogen and oxygen atoms in total. The number of hydrogen-bond donors (Lipinski definition) is 1. The van der Waals surface area contributed by atoms with E-state index in [0.717, 1.165) is 0 Å². The Morgan fingerprint density at radius 1 is 1.34 bits per heavy atom. The maximum absolute atomic E-state index is 14.2. The topological polar surface area (TPSA) is 67.4 Å². The summed E-state index contributed by atoms with van der Waals surface area (Å²) in [7, 11) is 0. The van der Waals surface area contributed by atoms with E-state index in [1.807, 2.05) is 0 Å². The van der Waals surface area contributed by atoms with Crippen molar-refractivity contribution in [2.75, 3.05) is 23.4 Å². The number of carbonyl (C=O) groups excluding carboxylic acids is 1. The molecule has 0 saturated carbocycles. The molecule has 1 N–H and O–H groups in total. The normalized spacial score (nSPS) is 12.6. The van der Waals surface area contributed by atoms with Crippen LogP contribution in [0.4, 0.5) is 15.9 Å². The molecule has 1 aliphatic heterocycles. The lowest BCUT2D eigenvalue weighted by atomic mass is 10.1. The molecule has 2 heterocycles. The van der Waals surface area contributed by atoms with Crippen molar-refractivity contribution in [1.82, 2.24) is 9.97 Å². The number of benzene rings is 2. The smallest absolute Gasteiger partial charge is 0.303 e. The Morgan fingerprint density at radius 3 is 3.03 bits per heavy atom. The predicted octanol–water partition coefficient (Wildman–Crippen LogP) is 3.78. The van der Waals surface area contributed by atoms with Crippen molar-refractivity contribution in [2.45, 2.75) is 13.5 Å². The minimum Gasteiger partial charge on any atom is -0.489 e. The lowest BCUT2D eigenvalue weighted by Gasteiger charge is -2.29. The zero-order valence-electron chi connectivity index (χ0n) is 15.5. The van der Waals surface area contributed by atoms with Crippen LogP contribution < -0.4 is 15.0 Å². The number of ether oxygens (including phenoxy) is 1. The Labute approximate surface area is 171 Å². The zero-order chi connectivity index (χ0) is 20.4. The van der Waals surface area contributed by atoms with Crippen LogP contribution in [0.15, 0.2) is 36.7 Å². The number of carbonyl (C=O) groups is 1. The van der Waals surface area contributed by atoms with Crippen LogP contribution in [0.25, 0.3) is 10.9 Å². The number of nitrogens with zero attached hydrogens (tertiary/aromatic N) is 3. The summed E-state index contributed by atoms with van der Waals surface area (Å²) in [4.78, 5) is 22.5. The third-order valence-corrected chi connectivity index (χ3v) is 4.83. The van der Waals surface area contributed by atoms with Gasteiger partial charge in [-0.15, -0.1) is 0 Å². The Hall–Kier alpha value is -3.37. The van der Waals surface area contributed by atoms with Gasteiger partial charge in [0.2, 0.25) is 0 Å². The largest absolute Gasteiger partial charge is 0.489 e. The highest BCUT2D eigenvalue weighted by Crippen LogP contribution is 2.40. The van der Waals surface area contributed by atoms with Crippen molar-refractivity contribution >= 4 is 39.9 Å². The Bertz CT molecular complexity index is 1170. The van der Waals surface area contributed by atoms with Crippen molar-refractivity contribution in [3.05, 3.63) is 53.1 Å². The molecular weight excluding hydrogens is 395 g/mol. The third kappa shape index (κ3) is 3.55. The molecule has 2 aromatic carbocycles. The van der Waals surface area contributed by atoms with Crippen LogP contribution in [0.1, 0.15) is 12.5 Å². The summed E-state index contributed by atoms with van der Waals surface area (Å²) in [6.45, 7) is 2.51. The molecule has 0 atom stereocenters. The maximum Gasteiger partial charge on any atom is 0.303 e. The highest BCUT2D eigenvalue weighted by Gasteiger charge is 2.26. The van der Waals surface area contributed by atoms with E-state index < -0.39 is 5.82 Å². The first kappa shape index (κ1) is 19.0. The summed E-state index contributed by atoms with van der Waals surface area (Å²) in [6, 6.07) is 8.39. The van der Waals surface area contributed by atoms with Gasteiger partial charge in [0.1, 0.15) is 24.6 Å². The van der Waals surface area contributed by atoms with E-state index in [1.54, 1.807) is 36.1 Å². The predicted molar refractivity (Wildman–Crippen MR) is 110 cm³/mol. The first-order valence-electron chi connectivity index (χ1n) is 8.91. The molecule has 0 bridgehead atoms. The van der Waals surface area contributed by atoms with Crippen LogP contribution in [0.5, 0.6) is 5.75 Å². The van der Waals surface area contributed by atoms with Gasteiger partial charge in [0.15, 0.2) is 5.75 Å². The van der Waals surface area contributed by atoms with Crippen LogP contribution in [0, 0.1) is 17.7 Å². The second-order valence-corrected chi connectivity index (χ2v) is 6.68. The average Bonchev–Trinajstić information content (AvgIpc) is 2.74. The number of hydrogen-bond acceptors (Lipinski definition) is 5. The van der Waals surface area contributed by atoms with Gasteiger partial charge >= 0.3 is 5.91 Å². The molecule has 1 amide bonds. The maximum atomic E-state index is 14.2. The zero-order valence-corrected chi connectivity index (χ0v) is 16.3. The molecule has 3 aromatic rings. The van der Waals surface area contributed by atoms with Crippen molar-refractivity contribution in [3.8, 4) is 17.6 Å². The number of rotatable bonds is 3. The number of fused-ring (bicyclic) bond motifs is 3. The summed E-state index contributed by atoms with van der Waals surface area (Å²) >= 11 is 5.86. The molecule has 8 heteroatoms. The summed E-state index contributed by atoms with van der Waals surface area (Å²) in [5, 5.41) is 3.81. The fraction of sp³-hybridized carbons (Fsp3) is 0.190. The molecule has 1 aliphatic rings. The monoisotopic (exact) mass is 410 g/mol. The van der Waals surface area contributed by atoms with Gasteiger partial charge in [-0.05, 0) is 31.0 Å². The second-order valence-electron chi connectivity index (χ2n) is 6.28. The number of halogens is 2. The summed E-state index contributed by atoms with van der Waals surface area (Å²) in [5.41, 5.74) is 1.65. The van der Waals surface area contributed by atoms with Crippen LogP contribution in [0.3, 0.4) is 0 Å². The van der Waals surface area contributed by atoms with E-state index in [9.17, 15) is 9.18 Å². The quantitative estimate of drug-likeness (QED) is 0.665. The molecule has 0 radical (unpaired) electrons. The molecule has 0 unspecified atom stereocenters. The number of aromatic nitrogens is 2. The first-order chi connectivity index (χ1) is 14.1. The van der Waals surface area contributed by atoms with Gasteiger partial charge < -0.3 is 10.1 Å². The van der Waals surface area contributed by atoms with Crippen molar-refractivity contribution in [2.24, 2.45) is 0 Å². The average molecular weight is 411 g/mol. The third-order valence-electron chi connectivity index (χ3n) is 4.54. The SMILES string of the molecule is CC#CC(=O)N1CCOc2c1ccc1ncnc(NCc3cccc(Cl)c3F)c21. The second kappa shape index (κ2) is 7.94. The molecule has 1 aromatic heterocycles. The molecular formula is C21H16ClFN4O2. The lowest BCUT2D eigenvalue weighted by molar-refractivity contribution is -0.113. The van der Waals surface area contributed by atoms with Gasteiger partial charge in [0.05, 0.1) is 28.2 Å². The molecule has 0 fully saturated rings. The van der Waals surface area contributed by atoms with Crippen molar-refractivity contribution in [3.63, 3.8) is 0 Å². The van der Waals surface area contributed by atoms with Crippen LogP contribution in [-0.2, 0) is 11.3 Å². The van der Waals surface area contributed by atoms with Gasteiger partial charge in [-0.25, -0.2) is 14.4 Å². The van der Waals surface area contributed by atoms with Crippen LogP contribution in [0.2, 0.25) is 5.02 Å². The molecule has 0 aliphatic carbocycles. The minimum atomic E-state index is -0.479. The van der Waals surface area contributed by atoms with E-state index in [-0.39, 0.29) is 17.5 Å². The van der Waals surface area contributed by atoms with E-state index in [1.165, 1.54) is 12.4 Å². The molecule has 146 valence electrons. The first-order valence-corrected chi connectivity index (χ1v) is 9.29. The van der Waals surface area contributed by atoms with Crippen molar-refractivity contribution in [1.29, 1.82) is 0 Å². The van der Waals surface area contributed by atoms with E-state index >= 15 is 0 Å². The van der Waals surface area contributed by atoms with Crippen LogP contribution >= 0.6 is 11.6 Å². The fourth-order valence-corrected chi connectivity index (χ4v) is 3.41. The number of amides is 1. The van der Waals surface area contributed by atoms with Gasteiger partial charge in [-0.3, -0.25) is 9.69 Å². The molecule has 0 saturated heterocycles. The molecule has 29 heavy (non-hydrogen) atoms. The van der Waals surface area contributed by atoms with Gasteiger partial charge in [-0.2, -0.15) is 0 Å². The number of nitrogens with one attached hydrogen (secondary N) is 1. The van der Waals surface area contributed by atoms with Crippen LogP contribution in [-0.4, -0.2) is 29.0 Å². The molecule has 0 spiro atoms. The Morgan fingerprint density at radius 2 is 2.21 bits per heavy atom. The van der Waals surface area contributed by atoms with E-state index in [0.29, 0.717) is 46.9 Å². The Kier molecular flexibility index (Phi) is 5.19. The molecule has 4 rings (SSSR count). The standard InChI is InChI=1S/C21H16ClFN4O2/c1-2-4-17(28)27-9-10-29-20-16(27)8-7-15-18(20)21(26-12-25-15)24-11-13-5-3-6-14(22)19(13)23/h3,5-8,12H,9-11H2,1H3,(H,24,25,26). The number of anilines is 2. The highest BCUT2D eigenvalue weighted by atomic mass is 35.5. The van der Waals surface area contributed by atoms with E-state index in [4.69, 9.17) is 16.3 Å². The summed E-state index contributed by atoms with van der Waals surface area (Å²) in [5.74, 6) is 5.37. The summed E-state index contributed by atoms with van der Waals surface area (Å²) in [6.07, 6.45) is 1.42. The van der Waals surface area contributed by atoms with Gasteiger partial charge in [-0.1, -0.05) is 29.7 Å². The lowest BCUT2D eigenvalue weighted by Crippen LogP contribution is -2.37. The van der Waals surface area contributed by atoms with Gasteiger partial charge in [0.25, 0.3) is 0 Å².